The highest BCUT2D eigenvalue weighted by Gasteiger charge is 2.25. The zero-order valence-corrected chi connectivity index (χ0v) is 13.3. The zero-order valence-electron chi connectivity index (χ0n) is 12.5. The van der Waals surface area contributed by atoms with Gasteiger partial charge in [-0.1, -0.05) is 0 Å². The van der Waals surface area contributed by atoms with Crippen molar-refractivity contribution in [1.29, 1.82) is 0 Å². The first-order chi connectivity index (χ1) is 10.3. The second kappa shape index (κ2) is 7.85. The second-order valence-electron chi connectivity index (χ2n) is 4.57. The fraction of sp³-hybridized carbons (Fsp3) is 0.462. The van der Waals surface area contributed by atoms with Crippen LogP contribution in [0.5, 0.6) is 0 Å². The predicted octanol–water partition coefficient (Wildman–Crippen LogP) is 0.0253. The van der Waals surface area contributed by atoms with Gasteiger partial charge in [0.2, 0.25) is 15.9 Å². The SMILES string of the molecule is CCN(CCC(=O)O)C(=O)CN(C)S(=O)(=O)c1cccnc1. The fourth-order valence-electron chi connectivity index (χ4n) is 1.74. The number of hydrogen-bond donors (Lipinski definition) is 1. The van der Waals surface area contributed by atoms with Crippen LogP contribution in [0.25, 0.3) is 0 Å². The van der Waals surface area contributed by atoms with E-state index in [0.717, 1.165) is 4.31 Å². The van der Waals surface area contributed by atoms with Gasteiger partial charge in [0, 0.05) is 32.5 Å². The van der Waals surface area contributed by atoms with Crippen LogP contribution in [0, 0.1) is 0 Å². The lowest BCUT2D eigenvalue weighted by molar-refractivity contribution is -0.138. The van der Waals surface area contributed by atoms with Crippen molar-refractivity contribution in [1.82, 2.24) is 14.2 Å². The van der Waals surface area contributed by atoms with Crippen LogP contribution in [-0.2, 0) is 19.6 Å². The Morgan fingerprint density at radius 2 is 2.05 bits per heavy atom. The Hall–Kier alpha value is -2.00. The van der Waals surface area contributed by atoms with Crippen molar-refractivity contribution in [3.63, 3.8) is 0 Å². The summed E-state index contributed by atoms with van der Waals surface area (Å²) in [4.78, 5) is 27.7. The molecule has 0 fully saturated rings. The number of carboxylic acid groups (broad SMARTS) is 1. The van der Waals surface area contributed by atoms with Crippen molar-refractivity contribution in [2.75, 3.05) is 26.7 Å². The van der Waals surface area contributed by atoms with Gasteiger partial charge < -0.3 is 10.0 Å². The van der Waals surface area contributed by atoms with E-state index in [-0.39, 0.29) is 24.4 Å². The van der Waals surface area contributed by atoms with Gasteiger partial charge in [0.25, 0.3) is 0 Å². The van der Waals surface area contributed by atoms with Gasteiger partial charge in [-0.25, -0.2) is 8.42 Å². The van der Waals surface area contributed by atoms with Crippen molar-refractivity contribution >= 4 is 21.9 Å². The van der Waals surface area contributed by atoms with Gasteiger partial charge in [-0.15, -0.1) is 0 Å². The van der Waals surface area contributed by atoms with Crippen LogP contribution in [0.3, 0.4) is 0 Å². The number of aromatic nitrogens is 1. The van der Waals surface area contributed by atoms with E-state index in [0.29, 0.717) is 6.54 Å². The molecule has 0 radical (unpaired) electrons. The van der Waals surface area contributed by atoms with Gasteiger partial charge >= 0.3 is 5.97 Å². The minimum absolute atomic E-state index is 0.00103. The number of sulfonamides is 1. The monoisotopic (exact) mass is 329 g/mol. The average Bonchev–Trinajstić information content (AvgIpc) is 2.48. The third-order valence-electron chi connectivity index (χ3n) is 3.03. The van der Waals surface area contributed by atoms with Gasteiger partial charge in [-0.3, -0.25) is 14.6 Å². The molecule has 1 aromatic heterocycles. The molecule has 0 bridgehead atoms. The smallest absolute Gasteiger partial charge is 0.305 e. The lowest BCUT2D eigenvalue weighted by Gasteiger charge is -2.23. The number of rotatable bonds is 8. The molecule has 0 spiro atoms. The molecular formula is C13H19N3O5S. The third kappa shape index (κ3) is 4.78. The first-order valence-corrected chi connectivity index (χ1v) is 8.09. The fourth-order valence-corrected chi connectivity index (χ4v) is 2.83. The summed E-state index contributed by atoms with van der Waals surface area (Å²) in [5.74, 6) is -1.46. The van der Waals surface area contributed by atoms with Crippen LogP contribution in [0.4, 0.5) is 0 Å². The molecule has 22 heavy (non-hydrogen) atoms. The molecule has 122 valence electrons. The molecule has 0 aromatic carbocycles. The molecule has 8 nitrogen and oxygen atoms in total. The number of likely N-dealkylation sites (N-methyl/N-ethyl adjacent to an activating group) is 2. The lowest BCUT2D eigenvalue weighted by Crippen LogP contribution is -2.41. The summed E-state index contributed by atoms with van der Waals surface area (Å²) in [6.07, 6.45) is 2.48. The van der Waals surface area contributed by atoms with Gasteiger partial charge in [-0.2, -0.15) is 4.31 Å². The Labute approximate surface area is 129 Å². The Morgan fingerprint density at radius 1 is 1.36 bits per heavy atom. The number of carbonyl (C=O) groups excluding carboxylic acids is 1. The third-order valence-corrected chi connectivity index (χ3v) is 4.82. The highest BCUT2D eigenvalue weighted by atomic mass is 32.2. The van der Waals surface area contributed by atoms with E-state index in [1.807, 2.05) is 0 Å². The van der Waals surface area contributed by atoms with E-state index < -0.39 is 21.9 Å². The van der Waals surface area contributed by atoms with Crippen LogP contribution in [0.15, 0.2) is 29.4 Å². The highest BCUT2D eigenvalue weighted by molar-refractivity contribution is 7.89. The number of hydrogen-bond acceptors (Lipinski definition) is 5. The Balaban J connectivity index is 2.76. The summed E-state index contributed by atoms with van der Waals surface area (Å²) in [6, 6.07) is 2.89. The predicted molar refractivity (Wildman–Crippen MR) is 78.6 cm³/mol. The molecular weight excluding hydrogens is 310 g/mol. The van der Waals surface area contributed by atoms with Crippen LogP contribution in [-0.4, -0.2) is 66.3 Å². The summed E-state index contributed by atoms with van der Waals surface area (Å²) in [7, 11) is -2.50. The van der Waals surface area contributed by atoms with E-state index in [1.165, 1.54) is 36.5 Å². The molecule has 0 aliphatic carbocycles. The zero-order chi connectivity index (χ0) is 16.8. The molecule has 1 rings (SSSR count). The van der Waals surface area contributed by atoms with Crippen molar-refractivity contribution in [2.45, 2.75) is 18.2 Å². The van der Waals surface area contributed by atoms with Gasteiger partial charge in [0.15, 0.2) is 0 Å². The maximum atomic E-state index is 12.3. The topological polar surface area (TPSA) is 108 Å². The van der Waals surface area contributed by atoms with Gasteiger partial charge in [0.1, 0.15) is 4.90 Å². The number of carboxylic acids is 1. The Kier molecular flexibility index (Phi) is 6.44. The summed E-state index contributed by atoms with van der Waals surface area (Å²) < 4.78 is 25.5. The van der Waals surface area contributed by atoms with Crippen LogP contribution in [0.1, 0.15) is 13.3 Å². The molecule has 1 N–H and O–H groups in total. The molecule has 0 aliphatic rings. The maximum Gasteiger partial charge on any atom is 0.305 e. The molecule has 0 atom stereocenters. The summed E-state index contributed by atoms with van der Waals surface area (Å²) >= 11 is 0. The second-order valence-corrected chi connectivity index (χ2v) is 6.61. The standard InChI is InChI=1S/C13H19N3O5S/c1-3-16(8-6-13(18)19)12(17)10-15(2)22(20,21)11-5-4-7-14-9-11/h4-5,7,9H,3,6,8,10H2,1-2H3,(H,18,19). The average molecular weight is 329 g/mol. The van der Waals surface area contributed by atoms with Crippen molar-refractivity contribution in [3.8, 4) is 0 Å². The van der Waals surface area contributed by atoms with Crippen molar-refractivity contribution in [2.24, 2.45) is 0 Å². The summed E-state index contributed by atoms with van der Waals surface area (Å²) in [5, 5.41) is 8.65. The largest absolute Gasteiger partial charge is 0.481 e. The molecule has 9 heteroatoms. The molecule has 0 saturated heterocycles. The number of pyridine rings is 1. The van der Waals surface area contributed by atoms with Crippen LogP contribution in [0.2, 0.25) is 0 Å². The Bertz CT molecular complexity index is 618. The molecule has 0 aliphatic heterocycles. The molecule has 1 aromatic rings. The number of amides is 1. The maximum absolute atomic E-state index is 12.3. The van der Waals surface area contributed by atoms with E-state index in [1.54, 1.807) is 6.92 Å². The number of nitrogens with zero attached hydrogens (tertiary/aromatic N) is 3. The van der Waals surface area contributed by atoms with Crippen molar-refractivity contribution in [3.05, 3.63) is 24.5 Å². The van der Waals surface area contributed by atoms with E-state index in [4.69, 9.17) is 5.11 Å². The minimum Gasteiger partial charge on any atom is -0.481 e. The lowest BCUT2D eigenvalue weighted by atomic mass is 10.3. The van der Waals surface area contributed by atoms with Gasteiger partial charge in [0.05, 0.1) is 13.0 Å². The normalized spacial score (nSPS) is 11.4. The molecule has 0 saturated carbocycles. The minimum atomic E-state index is -3.80. The number of carbonyl (C=O) groups is 2. The highest BCUT2D eigenvalue weighted by Crippen LogP contribution is 2.12. The summed E-state index contributed by atoms with van der Waals surface area (Å²) in [5.41, 5.74) is 0. The van der Waals surface area contributed by atoms with Crippen molar-refractivity contribution < 1.29 is 23.1 Å². The van der Waals surface area contributed by atoms with Crippen LogP contribution < -0.4 is 0 Å². The van der Waals surface area contributed by atoms with E-state index in [2.05, 4.69) is 4.98 Å². The first kappa shape index (κ1) is 18.1. The first-order valence-electron chi connectivity index (χ1n) is 6.65. The molecule has 0 unspecified atom stereocenters. The van der Waals surface area contributed by atoms with Gasteiger partial charge in [-0.05, 0) is 19.1 Å². The van der Waals surface area contributed by atoms with E-state index in [9.17, 15) is 18.0 Å². The Morgan fingerprint density at radius 3 is 2.55 bits per heavy atom. The molecule has 1 amide bonds. The number of aliphatic carboxylic acids is 1. The van der Waals surface area contributed by atoms with Crippen LogP contribution >= 0.6 is 0 Å². The quantitative estimate of drug-likeness (QED) is 0.720. The van der Waals surface area contributed by atoms with E-state index >= 15 is 0 Å². The summed E-state index contributed by atoms with van der Waals surface area (Å²) in [6.45, 7) is 1.71. The molecule has 1 heterocycles.